The number of furan rings is 1. The van der Waals surface area contributed by atoms with Gasteiger partial charge in [0.1, 0.15) is 11.3 Å². The molecule has 34 heavy (non-hydrogen) atoms. The number of carbonyl (C=O) groups is 1. The number of benzene rings is 2. The molecular weight excluding hydrogens is 446 g/mol. The molecule has 1 fully saturated rings. The number of sulfonamides is 1. The van der Waals surface area contributed by atoms with E-state index in [1.165, 1.54) is 0 Å². The van der Waals surface area contributed by atoms with Crippen molar-refractivity contribution >= 4 is 32.6 Å². The van der Waals surface area contributed by atoms with Crippen molar-refractivity contribution in [2.24, 2.45) is 5.92 Å². The molecule has 0 atom stereocenters. The fraction of sp³-hybridized carbons (Fsp3) is 0.464. The molecule has 0 N–H and O–H groups in total. The second-order valence-corrected chi connectivity index (χ2v) is 11.8. The van der Waals surface area contributed by atoms with Crippen LogP contribution in [0.5, 0.6) is 0 Å². The van der Waals surface area contributed by atoms with Crippen LogP contribution in [0.4, 0.5) is 5.69 Å². The minimum absolute atomic E-state index is 0.148. The summed E-state index contributed by atoms with van der Waals surface area (Å²) in [7, 11) is -4.06. The van der Waals surface area contributed by atoms with E-state index in [1.54, 1.807) is 18.2 Å². The number of amides is 1. The molecule has 1 aromatic heterocycles. The van der Waals surface area contributed by atoms with Crippen LogP contribution in [-0.4, -0.2) is 14.3 Å². The summed E-state index contributed by atoms with van der Waals surface area (Å²) in [5.74, 6) is 0.707. The Morgan fingerprint density at radius 1 is 0.941 bits per heavy atom. The number of carbonyl (C=O) groups excluding carboxylic acids is 1. The third-order valence-corrected chi connectivity index (χ3v) is 9.15. The number of hydrogen-bond acceptors (Lipinski definition) is 4. The molecule has 0 saturated heterocycles. The first-order chi connectivity index (χ1) is 16.4. The highest BCUT2D eigenvalue weighted by Gasteiger charge is 2.36. The first-order valence-electron chi connectivity index (χ1n) is 12.6. The molecule has 1 heterocycles. The molecule has 0 bridgehead atoms. The average Bonchev–Trinajstić information content (AvgIpc) is 3.22. The summed E-state index contributed by atoms with van der Waals surface area (Å²) < 4.78 is 35.0. The normalized spacial score (nSPS) is 17.1. The Morgan fingerprint density at radius 2 is 1.65 bits per heavy atom. The van der Waals surface area contributed by atoms with Gasteiger partial charge in [-0.1, -0.05) is 45.2 Å². The van der Waals surface area contributed by atoms with E-state index >= 15 is 0 Å². The molecule has 5 rings (SSSR count). The zero-order chi connectivity index (χ0) is 23.9. The van der Waals surface area contributed by atoms with Crippen LogP contribution in [0.2, 0.25) is 0 Å². The molecule has 0 aliphatic heterocycles. The Bertz CT molecular complexity index is 1300. The number of rotatable bonds is 5. The lowest BCUT2D eigenvalue weighted by Crippen LogP contribution is -2.41. The van der Waals surface area contributed by atoms with Crippen LogP contribution in [-0.2, 0) is 27.7 Å². The molecular formula is C28H33NO4S. The monoisotopic (exact) mass is 479 g/mol. The minimum Gasteiger partial charge on any atom is -0.461 e. The maximum Gasteiger partial charge on any atom is 0.270 e. The predicted octanol–water partition coefficient (Wildman–Crippen LogP) is 6.74. The van der Waals surface area contributed by atoms with Gasteiger partial charge in [-0.05, 0) is 73.9 Å². The Balaban J connectivity index is 1.61. The number of nitrogens with zero attached hydrogens (tertiary/aromatic N) is 1. The highest BCUT2D eigenvalue weighted by atomic mass is 32.2. The molecule has 2 aliphatic rings. The van der Waals surface area contributed by atoms with Crippen molar-refractivity contribution in [3.05, 3.63) is 59.4 Å². The van der Waals surface area contributed by atoms with Gasteiger partial charge in [0, 0.05) is 23.3 Å². The van der Waals surface area contributed by atoms with E-state index in [0.29, 0.717) is 11.6 Å². The maximum atomic E-state index is 13.9. The molecule has 3 aromatic rings. The van der Waals surface area contributed by atoms with E-state index in [0.717, 1.165) is 89.9 Å². The van der Waals surface area contributed by atoms with Crippen LogP contribution < -0.4 is 4.31 Å². The summed E-state index contributed by atoms with van der Waals surface area (Å²) in [6.07, 6.45) is 8.52. The lowest BCUT2D eigenvalue weighted by molar-refractivity contribution is -0.122. The van der Waals surface area contributed by atoms with E-state index in [4.69, 9.17) is 4.42 Å². The quantitative estimate of drug-likeness (QED) is 0.406. The Morgan fingerprint density at radius 3 is 2.35 bits per heavy atom. The van der Waals surface area contributed by atoms with Gasteiger partial charge >= 0.3 is 0 Å². The molecule has 180 valence electrons. The van der Waals surface area contributed by atoms with Gasteiger partial charge in [-0.15, -0.1) is 0 Å². The lowest BCUT2D eigenvalue weighted by atomic mass is 9.88. The average molecular weight is 480 g/mol. The topological polar surface area (TPSA) is 67.6 Å². The zero-order valence-corrected chi connectivity index (χ0v) is 20.9. The lowest BCUT2D eigenvalue weighted by Gasteiger charge is -2.29. The van der Waals surface area contributed by atoms with E-state index < -0.39 is 10.0 Å². The van der Waals surface area contributed by atoms with Crippen LogP contribution in [0.25, 0.3) is 11.0 Å². The summed E-state index contributed by atoms with van der Waals surface area (Å²) in [5.41, 5.74) is 3.40. The van der Waals surface area contributed by atoms with Crippen molar-refractivity contribution in [1.82, 2.24) is 0 Å². The molecule has 0 spiro atoms. The number of hydrogen-bond donors (Lipinski definition) is 0. The number of anilines is 1. The third kappa shape index (κ3) is 4.17. The number of fused-ring (bicyclic) bond motifs is 3. The molecule has 0 radical (unpaired) electrons. The molecule has 2 aromatic carbocycles. The van der Waals surface area contributed by atoms with Gasteiger partial charge in [0.25, 0.3) is 10.0 Å². The summed E-state index contributed by atoms with van der Waals surface area (Å²) in [6, 6.07) is 12.3. The first-order valence-corrected chi connectivity index (χ1v) is 14.0. The Labute approximate surface area is 202 Å². The Kier molecular flexibility index (Phi) is 6.28. The summed E-state index contributed by atoms with van der Waals surface area (Å²) in [5, 5.41) is 0.930. The van der Waals surface area contributed by atoms with Gasteiger partial charge in [-0.2, -0.15) is 0 Å². The van der Waals surface area contributed by atoms with Gasteiger partial charge < -0.3 is 4.42 Å². The van der Waals surface area contributed by atoms with E-state index in [-0.39, 0.29) is 16.7 Å². The van der Waals surface area contributed by atoms with Crippen LogP contribution in [0.1, 0.15) is 81.6 Å². The van der Waals surface area contributed by atoms with Crippen molar-refractivity contribution in [3.8, 4) is 0 Å². The molecule has 1 saturated carbocycles. The Hall–Kier alpha value is -2.60. The van der Waals surface area contributed by atoms with E-state index in [9.17, 15) is 13.2 Å². The highest BCUT2D eigenvalue weighted by Crippen LogP contribution is 2.37. The predicted molar refractivity (Wildman–Crippen MR) is 135 cm³/mol. The molecule has 5 nitrogen and oxygen atoms in total. The van der Waals surface area contributed by atoms with Crippen molar-refractivity contribution in [1.29, 1.82) is 0 Å². The molecule has 6 heteroatoms. The van der Waals surface area contributed by atoms with Crippen LogP contribution in [0.3, 0.4) is 0 Å². The smallest absolute Gasteiger partial charge is 0.270 e. The minimum atomic E-state index is -4.06. The second-order valence-electron chi connectivity index (χ2n) is 10.1. The van der Waals surface area contributed by atoms with Gasteiger partial charge in [0.2, 0.25) is 5.91 Å². The summed E-state index contributed by atoms with van der Waals surface area (Å²) in [4.78, 5) is 13.9. The molecule has 2 aliphatic carbocycles. The van der Waals surface area contributed by atoms with Gasteiger partial charge in [0.15, 0.2) is 0 Å². The van der Waals surface area contributed by atoms with Crippen molar-refractivity contribution in [2.75, 3.05) is 4.31 Å². The van der Waals surface area contributed by atoms with Crippen LogP contribution >= 0.6 is 0 Å². The second kappa shape index (κ2) is 9.21. The number of aryl methyl sites for hydroxylation is 2. The van der Waals surface area contributed by atoms with Gasteiger partial charge in [-0.3, -0.25) is 4.79 Å². The molecule has 1 amide bonds. The fourth-order valence-corrected chi connectivity index (χ4v) is 6.87. The summed E-state index contributed by atoms with van der Waals surface area (Å²) in [6.45, 7) is 4.15. The standard InChI is InChI=1S/C28H33NO4S/c1-19(2)20-12-15-23(16-13-20)34(31,32)29(28(30)21-8-4-3-5-9-21)22-14-17-27-25(18-22)24-10-6-7-11-26(24)33-27/h12-19,21H,3-11H2,1-2H3. The fourth-order valence-electron chi connectivity index (χ4n) is 5.41. The molecule has 0 unspecified atom stereocenters. The van der Waals surface area contributed by atoms with Crippen molar-refractivity contribution in [2.45, 2.75) is 82.4 Å². The maximum absolute atomic E-state index is 13.9. The van der Waals surface area contributed by atoms with Crippen LogP contribution in [0, 0.1) is 5.92 Å². The first kappa shape index (κ1) is 23.2. The third-order valence-electron chi connectivity index (χ3n) is 7.41. The van der Waals surface area contributed by atoms with Crippen molar-refractivity contribution in [3.63, 3.8) is 0 Å². The van der Waals surface area contributed by atoms with E-state index in [1.807, 2.05) is 24.3 Å². The summed E-state index contributed by atoms with van der Waals surface area (Å²) >= 11 is 0. The van der Waals surface area contributed by atoms with E-state index in [2.05, 4.69) is 13.8 Å². The largest absolute Gasteiger partial charge is 0.461 e. The van der Waals surface area contributed by atoms with Crippen LogP contribution in [0.15, 0.2) is 51.8 Å². The zero-order valence-electron chi connectivity index (χ0n) is 20.0. The SMILES string of the molecule is CC(C)c1ccc(S(=O)(=O)N(C(=O)C2CCCCC2)c2ccc3oc4c(c3c2)CCCC4)cc1. The van der Waals surface area contributed by atoms with Gasteiger partial charge in [-0.25, -0.2) is 12.7 Å². The van der Waals surface area contributed by atoms with Gasteiger partial charge in [0.05, 0.1) is 10.6 Å². The van der Waals surface area contributed by atoms with Crippen molar-refractivity contribution < 1.29 is 17.6 Å². The highest BCUT2D eigenvalue weighted by molar-refractivity contribution is 7.93.